The van der Waals surface area contributed by atoms with E-state index in [1.807, 2.05) is 24.3 Å². The first-order valence-electron chi connectivity index (χ1n) is 5.66. The number of rotatable bonds is 5. The van der Waals surface area contributed by atoms with E-state index < -0.39 is 0 Å². The summed E-state index contributed by atoms with van der Waals surface area (Å²) in [6.07, 6.45) is 3.37. The van der Waals surface area contributed by atoms with Crippen molar-refractivity contribution in [2.24, 2.45) is 0 Å². The second-order valence-corrected chi connectivity index (χ2v) is 3.78. The predicted octanol–water partition coefficient (Wildman–Crippen LogP) is 2.19. The molecule has 0 aliphatic carbocycles. The number of nitrogens with zero attached hydrogens (tertiary/aromatic N) is 2. The second-order valence-electron chi connectivity index (χ2n) is 3.78. The maximum atomic E-state index is 8.96. The van der Waals surface area contributed by atoms with Crippen molar-refractivity contribution in [2.45, 2.75) is 20.1 Å². The van der Waals surface area contributed by atoms with Crippen LogP contribution in [-0.4, -0.2) is 16.6 Å². The summed E-state index contributed by atoms with van der Waals surface area (Å²) in [7, 11) is 0. The minimum absolute atomic E-state index is 0.0254. The highest BCUT2D eigenvalue weighted by atomic mass is 16.3. The van der Waals surface area contributed by atoms with Crippen LogP contribution in [0.25, 0.3) is 0 Å². The number of anilines is 1. The normalized spacial score (nSPS) is 10.5. The molecule has 2 aromatic heterocycles. The molecule has 0 radical (unpaired) electrons. The second kappa shape index (κ2) is 5.50. The van der Waals surface area contributed by atoms with Gasteiger partial charge in [0.15, 0.2) is 0 Å². The molecular formula is C13H16N2O2. The lowest BCUT2D eigenvalue weighted by atomic mass is 10.3. The van der Waals surface area contributed by atoms with Crippen LogP contribution in [0.3, 0.4) is 0 Å². The van der Waals surface area contributed by atoms with E-state index in [9.17, 15) is 0 Å². The maximum absolute atomic E-state index is 8.96. The molecule has 0 amide bonds. The fraction of sp³-hybridized carbons (Fsp3) is 0.308. The zero-order valence-corrected chi connectivity index (χ0v) is 9.84. The summed E-state index contributed by atoms with van der Waals surface area (Å²) < 4.78 is 5.32. The predicted molar refractivity (Wildman–Crippen MR) is 65.6 cm³/mol. The van der Waals surface area contributed by atoms with Gasteiger partial charge in [-0.25, -0.2) is 4.98 Å². The van der Waals surface area contributed by atoms with E-state index in [1.54, 1.807) is 12.5 Å². The Morgan fingerprint density at radius 1 is 1.35 bits per heavy atom. The highest BCUT2D eigenvalue weighted by Crippen LogP contribution is 2.15. The summed E-state index contributed by atoms with van der Waals surface area (Å²) in [4.78, 5) is 6.44. The Bertz CT molecular complexity index is 437. The smallest absolute Gasteiger partial charge is 0.128 e. The Labute approximate surface area is 101 Å². The molecule has 4 nitrogen and oxygen atoms in total. The fourth-order valence-corrected chi connectivity index (χ4v) is 1.64. The first-order chi connectivity index (χ1) is 8.33. The topological polar surface area (TPSA) is 49.5 Å². The van der Waals surface area contributed by atoms with Crippen LogP contribution in [0, 0.1) is 0 Å². The van der Waals surface area contributed by atoms with Crippen molar-refractivity contribution in [2.75, 3.05) is 11.4 Å². The van der Waals surface area contributed by atoms with Crippen LogP contribution in [-0.2, 0) is 13.2 Å². The van der Waals surface area contributed by atoms with Gasteiger partial charge in [-0.05, 0) is 30.7 Å². The molecule has 2 rings (SSSR count). The molecule has 0 atom stereocenters. The molecule has 2 heterocycles. The van der Waals surface area contributed by atoms with Crippen molar-refractivity contribution in [3.05, 3.63) is 48.0 Å². The van der Waals surface area contributed by atoms with Crippen molar-refractivity contribution in [1.29, 1.82) is 0 Å². The summed E-state index contributed by atoms with van der Waals surface area (Å²) in [5, 5.41) is 8.96. The quantitative estimate of drug-likeness (QED) is 0.858. The first-order valence-corrected chi connectivity index (χ1v) is 5.66. The number of hydrogen-bond acceptors (Lipinski definition) is 4. The average Bonchev–Trinajstić information content (AvgIpc) is 2.89. The van der Waals surface area contributed by atoms with Gasteiger partial charge >= 0.3 is 0 Å². The van der Waals surface area contributed by atoms with Gasteiger partial charge in [0, 0.05) is 12.7 Å². The van der Waals surface area contributed by atoms with Crippen LogP contribution in [0.4, 0.5) is 5.82 Å². The van der Waals surface area contributed by atoms with E-state index >= 15 is 0 Å². The van der Waals surface area contributed by atoms with E-state index in [4.69, 9.17) is 9.52 Å². The Morgan fingerprint density at radius 3 is 2.76 bits per heavy atom. The zero-order valence-electron chi connectivity index (χ0n) is 9.84. The summed E-state index contributed by atoms with van der Waals surface area (Å²) in [5.74, 6) is 1.81. The number of aromatic nitrogens is 1. The third-order valence-corrected chi connectivity index (χ3v) is 2.62. The summed E-state index contributed by atoms with van der Waals surface area (Å²) in [5.41, 5.74) is 0.822. The summed E-state index contributed by atoms with van der Waals surface area (Å²) >= 11 is 0. The molecule has 0 saturated heterocycles. The monoisotopic (exact) mass is 232 g/mol. The highest BCUT2D eigenvalue weighted by Gasteiger charge is 2.08. The largest absolute Gasteiger partial charge is 0.467 e. The molecule has 2 aromatic rings. The molecule has 0 bridgehead atoms. The van der Waals surface area contributed by atoms with Gasteiger partial charge in [-0.1, -0.05) is 6.07 Å². The molecule has 17 heavy (non-hydrogen) atoms. The van der Waals surface area contributed by atoms with Gasteiger partial charge in [-0.15, -0.1) is 0 Å². The van der Waals surface area contributed by atoms with E-state index in [0.717, 1.165) is 23.7 Å². The van der Waals surface area contributed by atoms with Gasteiger partial charge in [0.05, 0.1) is 19.4 Å². The molecule has 0 unspecified atom stereocenters. The zero-order chi connectivity index (χ0) is 12.1. The minimum Gasteiger partial charge on any atom is -0.467 e. The molecule has 0 aliphatic rings. The highest BCUT2D eigenvalue weighted by molar-refractivity contribution is 5.39. The van der Waals surface area contributed by atoms with Gasteiger partial charge in [0.2, 0.25) is 0 Å². The molecule has 0 spiro atoms. The summed E-state index contributed by atoms with van der Waals surface area (Å²) in [6, 6.07) is 7.63. The van der Waals surface area contributed by atoms with Crippen LogP contribution in [0.1, 0.15) is 18.2 Å². The van der Waals surface area contributed by atoms with E-state index in [1.165, 1.54) is 0 Å². The maximum Gasteiger partial charge on any atom is 0.128 e. The number of pyridine rings is 1. The van der Waals surface area contributed by atoms with Gasteiger partial charge < -0.3 is 14.4 Å². The first kappa shape index (κ1) is 11.7. The van der Waals surface area contributed by atoms with Gasteiger partial charge in [-0.2, -0.15) is 0 Å². The molecule has 1 N–H and O–H groups in total. The van der Waals surface area contributed by atoms with Crippen molar-refractivity contribution in [1.82, 2.24) is 4.98 Å². The van der Waals surface area contributed by atoms with Crippen LogP contribution in [0.15, 0.2) is 41.1 Å². The lowest BCUT2D eigenvalue weighted by Crippen LogP contribution is -2.22. The lowest BCUT2D eigenvalue weighted by Gasteiger charge is -2.20. The van der Waals surface area contributed by atoms with Crippen molar-refractivity contribution < 1.29 is 9.52 Å². The van der Waals surface area contributed by atoms with Gasteiger partial charge in [-0.3, -0.25) is 0 Å². The van der Waals surface area contributed by atoms with E-state index in [0.29, 0.717) is 6.54 Å². The molecule has 0 saturated carbocycles. The third kappa shape index (κ3) is 2.85. The van der Waals surface area contributed by atoms with E-state index in [-0.39, 0.29) is 6.61 Å². The Morgan fingerprint density at radius 2 is 2.24 bits per heavy atom. The van der Waals surface area contributed by atoms with Crippen LogP contribution >= 0.6 is 0 Å². The molecule has 0 aliphatic heterocycles. The van der Waals surface area contributed by atoms with Gasteiger partial charge in [0.1, 0.15) is 11.6 Å². The van der Waals surface area contributed by atoms with Crippen LogP contribution in [0.5, 0.6) is 0 Å². The fourth-order valence-electron chi connectivity index (χ4n) is 1.64. The van der Waals surface area contributed by atoms with Crippen LogP contribution in [0.2, 0.25) is 0 Å². The molecule has 4 heteroatoms. The van der Waals surface area contributed by atoms with E-state index in [2.05, 4.69) is 16.8 Å². The van der Waals surface area contributed by atoms with Crippen LogP contribution < -0.4 is 4.90 Å². The van der Waals surface area contributed by atoms with Crippen molar-refractivity contribution >= 4 is 5.82 Å². The molecule has 0 aromatic carbocycles. The number of furan rings is 1. The van der Waals surface area contributed by atoms with Crippen molar-refractivity contribution in [3.63, 3.8) is 0 Å². The SMILES string of the molecule is CCN(Cc1ccco1)c1ccc(CO)cn1. The Kier molecular flexibility index (Phi) is 3.77. The average molecular weight is 232 g/mol. The molecule has 0 fully saturated rings. The number of hydrogen-bond donors (Lipinski definition) is 1. The third-order valence-electron chi connectivity index (χ3n) is 2.62. The molecule has 90 valence electrons. The molecular weight excluding hydrogens is 216 g/mol. The standard InChI is InChI=1S/C13H16N2O2/c1-2-15(9-12-4-3-7-17-12)13-6-5-11(10-16)8-14-13/h3-8,16H,2,9-10H2,1H3. The van der Waals surface area contributed by atoms with Crippen molar-refractivity contribution in [3.8, 4) is 0 Å². The number of aliphatic hydroxyl groups excluding tert-OH is 1. The Balaban J connectivity index is 2.11. The lowest BCUT2D eigenvalue weighted by molar-refractivity contribution is 0.281. The Hall–Kier alpha value is -1.81. The minimum atomic E-state index is 0.0254. The summed E-state index contributed by atoms with van der Waals surface area (Å²) in [6.45, 7) is 3.66. The van der Waals surface area contributed by atoms with Gasteiger partial charge in [0.25, 0.3) is 0 Å². The number of aliphatic hydroxyl groups is 1.